The maximum Gasteiger partial charge on any atom is 0.266 e. The van der Waals surface area contributed by atoms with E-state index >= 15 is 0 Å². The molecule has 0 radical (unpaired) electrons. The van der Waals surface area contributed by atoms with Crippen molar-refractivity contribution in [2.24, 2.45) is 5.73 Å². The SMILES string of the molecule is Cc1csc(C(=O)N2C(C)CCCC2CN)c1Cl. The summed E-state index contributed by atoms with van der Waals surface area (Å²) in [6.07, 6.45) is 3.18. The first kappa shape index (κ1) is 13.8. The maximum absolute atomic E-state index is 12.6. The number of carbonyl (C=O) groups excluding carboxylic acids is 1. The van der Waals surface area contributed by atoms with Gasteiger partial charge in [0.25, 0.3) is 5.91 Å². The lowest BCUT2D eigenvalue weighted by molar-refractivity contribution is 0.0499. The molecule has 5 heteroatoms. The molecule has 0 saturated carbocycles. The van der Waals surface area contributed by atoms with Gasteiger partial charge in [-0.25, -0.2) is 0 Å². The van der Waals surface area contributed by atoms with Crippen LogP contribution < -0.4 is 5.73 Å². The van der Waals surface area contributed by atoms with Crippen LogP contribution in [0.3, 0.4) is 0 Å². The summed E-state index contributed by atoms with van der Waals surface area (Å²) in [7, 11) is 0. The van der Waals surface area contributed by atoms with Gasteiger partial charge in [0.2, 0.25) is 0 Å². The molecule has 18 heavy (non-hydrogen) atoms. The number of hydrogen-bond donors (Lipinski definition) is 1. The highest BCUT2D eigenvalue weighted by Crippen LogP contribution is 2.32. The van der Waals surface area contributed by atoms with Crippen molar-refractivity contribution in [1.82, 2.24) is 4.90 Å². The molecular formula is C13H19ClN2OS. The van der Waals surface area contributed by atoms with Gasteiger partial charge in [-0.15, -0.1) is 11.3 Å². The molecule has 2 heterocycles. The molecule has 2 unspecified atom stereocenters. The number of aryl methyl sites for hydroxylation is 1. The number of thiophene rings is 1. The quantitative estimate of drug-likeness (QED) is 0.908. The van der Waals surface area contributed by atoms with E-state index < -0.39 is 0 Å². The van der Waals surface area contributed by atoms with Crippen molar-refractivity contribution in [2.45, 2.75) is 45.2 Å². The van der Waals surface area contributed by atoms with E-state index in [1.807, 2.05) is 17.2 Å². The molecule has 2 atom stereocenters. The summed E-state index contributed by atoms with van der Waals surface area (Å²) in [6, 6.07) is 0.401. The first-order chi connectivity index (χ1) is 8.56. The van der Waals surface area contributed by atoms with E-state index in [2.05, 4.69) is 6.92 Å². The van der Waals surface area contributed by atoms with Crippen LogP contribution >= 0.6 is 22.9 Å². The predicted molar refractivity (Wildman–Crippen MR) is 76.4 cm³/mol. The number of likely N-dealkylation sites (tertiary alicyclic amines) is 1. The number of hydrogen-bond acceptors (Lipinski definition) is 3. The Kier molecular flexibility index (Phi) is 4.30. The lowest BCUT2D eigenvalue weighted by Crippen LogP contribution is -2.51. The first-order valence-corrected chi connectivity index (χ1v) is 7.58. The minimum Gasteiger partial charge on any atom is -0.331 e. The van der Waals surface area contributed by atoms with Gasteiger partial charge in [-0.3, -0.25) is 4.79 Å². The van der Waals surface area contributed by atoms with Gasteiger partial charge in [0.15, 0.2) is 0 Å². The maximum atomic E-state index is 12.6. The molecule has 0 bridgehead atoms. The molecular weight excluding hydrogens is 268 g/mol. The fourth-order valence-electron chi connectivity index (χ4n) is 2.58. The number of nitrogens with two attached hydrogens (primary N) is 1. The number of nitrogens with zero attached hydrogens (tertiary/aromatic N) is 1. The number of carbonyl (C=O) groups is 1. The molecule has 1 fully saturated rings. The average Bonchev–Trinajstić information content (AvgIpc) is 2.69. The van der Waals surface area contributed by atoms with Crippen LogP contribution in [0.25, 0.3) is 0 Å². The summed E-state index contributed by atoms with van der Waals surface area (Å²) in [6.45, 7) is 4.54. The summed E-state index contributed by atoms with van der Waals surface area (Å²) in [5.74, 6) is 0.0424. The second-order valence-electron chi connectivity index (χ2n) is 4.94. The number of amides is 1. The smallest absolute Gasteiger partial charge is 0.266 e. The van der Waals surface area contributed by atoms with Crippen molar-refractivity contribution in [3.8, 4) is 0 Å². The van der Waals surface area contributed by atoms with Gasteiger partial charge in [0.1, 0.15) is 4.88 Å². The second-order valence-corrected chi connectivity index (χ2v) is 6.20. The van der Waals surface area contributed by atoms with Gasteiger partial charge < -0.3 is 10.6 Å². The van der Waals surface area contributed by atoms with Crippen molar-refractivity contribution in [3.05, 3.63) is 20.8 Å². The van der Waals surface area contributed by atoms with Crippen LogP contribution in [0, 0.1) is 6.92 Å². The fraction of sp³-hybridized carbons (Fsp3) is 0.615. The molecule has 1 amide bonds. The van der Waals surface area contributed by atoms with E-state index in [4.69, 9.17) is 17.3 Å². The van der Waals surface area contributed by atoms with Crippen LogP contribution in [0.5, 0.6) is 0 Å². The van der Waals surface area contributed by atoms with Crippen molar-refractivity contribution in [1.29, 1.82) is 0 Å². The van der Waals surface area contributed by atoms with Crippen LogP contribution in [0.4, 0.5) is 0 Å². The second kappa shape index (κ2) is 5.59. The lowest BCUT2D eigenvalue weighted by atomic mass is 9.96. The minimum atomic E-state index is 0.0424. The molecule has 100 valence electrons. The fourth-order valence-corrected chi connectivity index (χ4v) is 3.79. The Balaban J connectivity index is 2.28. The van der Waals surface area contributed by atoms with Gasteiger partial charge in [-0.1, -0.05) is 11.6 Å². The highest BCUT2D eigenvalue weighted by molar-refractivity contribution is 7.13. The zero-order valence-electron chi connectivity index (χ0n) is 10.8. The summed E-state index contributed by atoms with van der Waals surface area (Å²) < 4.78 is 0. The third kappa shape index (κ3) is 2.42. The van der Waals surface area contributed by atoms with E-state index in [-0.39, 0.29) is 18.0 Å². The van der Waals surface area contributed by atoms with E-state index in [0.717, 1.165) is 24.8 Å². The molecule has 0 aliphatic carbocycles. The zero-order chi connectivity index (χ0) is 13.3. The van der Waals surface area contributed by atoms with Crippen molar-refractivity contribution in [3.63, 3.8) is 0 Å². The molecule has 1 aromatic heterocycles. The molecule has 1 aliphatic heterocycles. The van der Waals surface area contributed by atoms with Gasteiger partial charge in [0, 0.05) is 18.6 Å². The standard InChI is InChI=1S/C13H19ClN2OS/c1-8-7-18-12(11(8)14)13(17)16-9(2)4-3-5-10(16)6-15/h7,9-10H,3-6,15H2,1-2H3. The average molecular weight is 287 g/mol. The Hall–Kier alpha value is -0.580. The molecule has 1 aromatic rings. The predicted octanol–water partition coefficient (Wildman–Crippen LogP) is 3.05. The van der Waals surface area contributed by atoms with E-state index in [0.29, 0.717) is 16.4 Å². The van der Waals surface area contributed by atoms with Crippen LogP contribution in [-0.2, 0) is 0 Å². The van der Waals surface area contributed by atoms with Gasteiger partial charge in [-0.2, -0.15) is 0 Å². The van der Waals surface area contributed by atoms with E-state index in [1.165, 1.54) is 11.3 Å². The third-order valence-electron chi connectivity index (χ3n) is 3.63. The van der Waals surface area contributed by atoms with Crippen LogP contribution in [0.15, 0.2) is 5.38 Å². The lowest BCUT2D eigenvalue weighted by Gasteiger charge is -2.40. The molecule has 0 spiro atoms. The Morgan fingerprint density at radius 3 is 2.89 bits per heavy atom. The summed E-state index contributed by atoms with van der Waals surface area (Å²) in [4.78, 5) is 15.2. The largest absolute Gasteiger partial charge is 0.331 e. The number of rotatable bonds is 2. The Morgan fingerprint density at radius 2 is 2.33 bits per heavy atom. The first-order valence-electron chi connectivity index (χ1n) is 6.32. The van der Waals surface area contributed by atoms with Crippen LogP contribution in [0.2, 0.25) is 5.02 Å². The van der Waals surface area contributed by atoms with E-state index in [1.54, 1.807) is 0 Å². The van der Waals surface area contributed by atoms with E-state index in [9.17, 15) is 4.79 Å². The van der Waals surface area contributed by atoms with Crippen molar-refractivity contribution < 1.29 is 4.79 Å². The zero-order valence-corrected chi connectivity index (χ0v) is 12.4. The number of piperidine rings is 1. The molecule has 3 nitrogen and oxygen atoms in total. The van der Waals surface area contributed by atoms with Crippen molar-refractivity contribution >= 4 is 28.8 Å². The monoisotopic (exact) mass is 286 g/mol. The Bertz CT molecular complexity index is 446. The van der Waals surface area contributed by atoms with Gasteiger partial charge >= 0.3 is 0 Å². The summed E-state index contributed by atoms with van der Waals surface area (Å²) in [5.41, 5.74) is 6.76. The van der Waals surface area contributed by atoms with Crippen molar-refractivity contribution in [2.75, 3.05) is 6.54 Å². The molecule has 2 N–H and O–H groups in total. The minimum absolute atomic E-state index is 0.0424. The van der Waals surface area contributed by atoms with Crippen LogP contribution in [-0.4, -0.2) is 29.4 Å². The Morgan fingerprint density at radius 1 is 1.61 bits per heavy atom. The van der Waals surface area contributed by atoms with Crippen LogP contribution in [0.1, 0.15) is 41.4 Å². The summed E-state index contributed by atoms with van der Waals surface area (Å²) >= 11 is 7.62. The Labute approximate surface area is 117 Å². The molecule has 1 aliphatic rings. The summed E-state index contributed by atoms with van der Waals surface area (Å²) in [5, 5.41) is 2.53. The van der Waals surface area contributed by atoms with Gasteiger partial charge in [-0.05, 0) is 44.1 Å². The highest BCUT2D eigenvalue weighted by atomic mass is 35.5. The molecule has 0 aromatic carbocycles. The van der Waals surface area contributed by atoms with Gasteiger partial charge in [0.05, 0.1) is 5.02 Å². The normalized spacial score (nSPS) is 24.3. The topological polar surface area (TPSA) is 46.3 Å². The molecule has 1 saturated heterocycles. The number of halogens is 1. The molecule has 2 rings (SSSR count). The highest BCUT2D eigenvalue weighted by Gasteiger charge is 2.33. The third-order valence-corrected chi connectivity index (χ3v) is 5.31.